The highest BCUT2D eigenvalue weighted by Crippen LogP contribution is 2.14. The van der Waals surface area contributed by atoms with Crippen molar-refractivity contribution in [3.05, 3.63) is 72.7 Å². The minimum Gasteiger partial charge on any atom is -0.126 e. The summed E-state index contributed by atoms with van der Waals surface area (Å²) in [5, 5.41) is 0.999. The van der Waals surface area contributed by atoms with Gasteiger partial charge in [-0.2, -0.15) is 0 Å². The lowest BCUT2D eigenvalue weighted by molar-refractivity contribution is 1.62. The molecule has 0 fully saturated rings. The summed E-state index contributed by atoms with van der Waals surface area (Å²) < 4.78 is 0. The average molecular weight is 329 g/mol. The van der Waals surface area contributed by atoms with Crippen molar-refractivity contribution in [2.24, 2.45) is 0 Å². The van der Waals surface area contributed by atoms with E-state index in [1.54, 1.807) is 5.70 Å². The Bertz CT molecular complexity index is 721. The van der Waals surface area contributed by atoms with Crippen molar-refractivity contribution < 1.29 is 0 Å². The van der Waals surface area contributed by atoms with Gasteiger partial charge in [0.1, 0.15) is 0 Å². The highest BCUT2D eigenvalue weighted by molar-refractivity contribution is 7.08. The van der Waals surface area contributed by atoms with E-state index in [1.165, 1.54) is 0 Å². The zero-order valence-corrected chi connectivity index (χ0v) is 15.3. The summed E-state index contributed by atoms with van der Waals surface area (Å²) in [7, 11) is -4.47. The van der Waals surface area contributed by atoms with E-state index in [2.05, 4.69) is 42.4 Å². The van der Waals surface area contributed by atoms with Gasteiger partial charge in [-0.15, -0.1) is 55.6 Å². The van der Waals surface area contributed by atoms with Crippen molar-refractivity contribution in [1.82, 2.24) is 0 Å². The van der Waals surface area contributed by atoms with Crippen LogP contribution in [0.2, 0.25) is 6.04 Å². The fourth-order valence-electron chi connectivity index (χ4n) is 2.12. The molecule has 2 heteroatoms. The monoisotopic (exact) mass is 328 g/mol. The fraction of sp³-hybridized carbons (Fsp3) is 0.0476. The first kappa shape index (κ1) is 18.3. The molecule has 0 unspecified atom stereocenters. The summed E-state index contributed by atoms with van der Waals surface area (Å²) in [6.07, 6.45) is 21.0. The fourth-order valence-corrected chi connectivity index (χ4v) is 5.06. The Morgan fingerprint density at radius 2 is 1.43 bits per heavy atom. The molecule has 1 aromatic carbocycles. The van der Waals surface area contributed by atoms with Crippen LogP contribution in [0.5, 0.6) is 0 Å². The largest absolute Gasteiger partial charge is 0.267 e. The van der Waals surface area contributed by atoms with Crippen molar-refractivity contribution in [2.75, 3.05) is 0 Å². The van der Waals surface area contributed by atoms with Gasteiger partial charge >= 0.3 is 0 Å². The van der Waals surface area contributed by atoms with Gasteiger partial charge in [-0.3, -0.25) is 0 Å². The third-order valence-corrected chi connectivity index (χ3v) is 9.56. The number of rotatable bonds is 7. The van der Waals surface area contributed by atoms with Crippen molar-refractivity contribution in [2.45, 2.75) is 6.04 Å². The summed E-state index contributed by atoms with van der Waals surface area (Å²) in [5.74, 6) is 0. The third kappa shape index (κ3) is 3.93. The predicted octanol–water partition coefficient (Wildman–Crippen LogP) is 3.50. The molecule has 112 valence electrons. The van der Waals surface area contributed by atoms with Crippen LogP contribution in [-0.2, 0) is 0 Å². The van der Waals surface area contributed by atoms with Gasteiger partial charge in [0.15, 0.2) is 8.07 Å². The second kappa shape index (κ2) is 8.07. The molecule has 0 atom stereocenters. The Morgan fingerprint density at radius 1 is 0.870 bits per heavy atom. The Labute approximate surface area is 142 Å². The molecule has 23 heavy (non-hydrogen) atoms. The van der Waals surface area contributed by atoms with Crippen LogP contribution >= 0.6 is 0 Å². The van der Waals surface area contributed by atoms with Gasteiger partial charge < -0.3 is 0 Å². The van der Waals surface area contributed by atoms with Crippen LogP contribution in [0.25, 0.3) is 6.08 Å². The maximum absolute atomic E-state index is 5.62. The second-order valence-corrected chi connectivity index (χ2v) is 11.9. The molecule has 0 aliphatic carbocycles. The third-order valence-electron chi connectivity index (χ3n) is 3.89. The quantitative estimate of drug-likeness (QED) is 0.531. The van der Waals surface area contributed by atoms with Gasteiger partial charge in [-0.1, -0.05) is 53.5 Å². The van der Waals surface area contributed by atoms with E-state index >= 15 is 0 Å². The molecule has 1 rings (SSSR count). The Morgan fingerprint density at radius 3 is 1.83 bits per heavy atom. The summed E-state index contributed by atoms with van der Waals surface area (Å²) in [6.45, 7) is 11.5. The first-order valence-corrected chi connectivity index (χ1v) is 11.6. The normalized spacial score (nSPS) is 11.0. The van der Waals surface area contributed by atoms with E-state index in [1.807, 2.05) is 41.7 Å². The number of hydrogen-bond acceptors (Lipinski definition) is 0. The lowest BCUT2D eigenvalue weighted by Crippen LogP contribution is -2.43. The minimum absolute atomic E-state index is 0.790. The number of terminal acetylenes is 3. The summed E-state index contributed by atoms with van der Waals surface area (Å²) >= 11 is 0. The van der Waals surface area contributed by atoms with Gasteiger partial charge in [0.25, 0.3) is 8.07 Å². The zero-order valence-electron chi connectivity index (χ0n) is 13.3. The molecule has 0 heterocycles. The molecule has 0 amide bonds. The van der Waals surface area contributed by atoms with E-state index < -0.39 is 16.1 Å². The summed E-state index contributed by atoms with van der Waals surface area (Å²) in [5.41, 5.74) is 14.9. The Kier molecular flexibility index (Phi) is 6.43. The zero-order chi connectivity index (χ0) is 17.3. The van der Waals surface area contributed by atoms with E-state index in [4.69, 9.17) is 19.3 Å². The molecular weight excluding hydrogens is 308 g/mol. The molecule has 0 nitrogen and oxygen atoms in total. The highest BCUT2D eigenvalue weighted by atomic mass is 28.3. The maximum atomic E-state index is 5.62. The molecule has 0 aliphatic rings. The lowest BCUT2D eigenvalue weighted by Gasteiger charge is -2.15. The molecule has 0 saturated carbocycles. The molecule has 0 N–H and O–H groups in total. The van der Waals surface area contributed by atoms with E-state index in [0.717, 1.165) is 16.8 Å². The van der Waals surface area contributed by atoms with Crippen LogP contribution in [0, 0.1) is 35.9 Å². The number of hydrogen-bond donors (Lipinski definition) is 0. The minimum atomic E-state index is -2.45. The molecule has 0 spiro atoms. The summed E-state index contributed by atoms with van der Waals surface area (Å²) in [4.78, 5) is 0. The first-order chi connectivity index (χ1) is 11.0. The predicted molar refractivity (Wildman–Crippen MR) is 109 cm³/mol. The van der Waals surface area contributed by atoms with Gasteiger partial charge in [-0.05, 0) is 16.8 Å². The average Bonchev–Trinajstić information content (AvgIpc) is 2.62. The topological polar surface area (TPSA) is 0 Å². The van der Waals surface area contributed by atoms with Gasteiger partial charge in [0, 0.05) is 0 Å². The van der Waals surface area contributed by atoms with Gasteiger partial charge in [-0.25, -0.2) is 0 Å². The van der Waals surface area contributed by atoms with E-state index in [-0.39, 0.29) is 0 Å². The van der Waals surface area contributed by atoms with Crippen molar-refractivity contribution in [1.29, 1.82) is 0 Å². The highest BCUT2D eigenvalue weighted by Gasteiger charge is 2.27. The standard InChI is InChI=1S/C21H20Si2/c1-7-22(8-2,9-3)19-13-14-20-15-17-21(18-16-20)23(10-4,11-5)12-6/h1,4-5,8-9,12-18H,2-3,6,19H2/b14-13-. The Balaban J connectivity index is 2.98. The van der Waals surface area contributed by atoms with Crippen LogP contribution in [0.4, 0.5) is 0 Å². The van der Waals surface area contributed by atoms with Gasteiger partial charge in [0.05, 0.1) is 0 Å². The molecular formula is C21H20Si2. The van der Waals surface area contributed by atoms with Crippen molar-refractivity contribution in [3.8, 4) is 35.9 Å². The van der Waals surface area contributed by atoms with Gasteiger partial charge in [0.2, 0.25) is 0 Å². The molecule has 1 aromatic rings. The van der Waals surface area contributed by atoms with Crippen molar-refractivity contribution >= 4 is 27.4 Å². The van der Waals surface area contributed by atoms with E-state index in [9.17, 15) is 0 Å². The summed E-state index contributed by atoms with van der Waals surface area (Å²) in [6, 6.07) is 8.78. The molecule has 0 radical (unpaired) electrons. The smallest absolute Gasteiger partial charge is 0.126 e. The first-order valence-electron chi connectivity index (χ1n) is 7.16. The molecule has 0 aliphatic heterocycles. The van der Waals surface area contributed by atoms with E-state index in [0.29, 0.717) is 0 Å². The Hall–Kier alpha value is -2.71. The van der Waals surface area contributed by atoms with Crippen LogP contribution in [0.3, 0.4) is 0 Å². The second-order valence-electron chi connectivity index (χ2n) is 5.12. The molecule has 0 bridgehead atoms. The molecule has 0 aromatic heterocycles. The number of benzene rings is 1. The maximum Gasteiger partial charge on any atom is 0.267 e. The van der Waals surface area contributed by atoms with Crippen LogP contribution in [-0.4, -0.2) is 16.1 Å². The van der Waals surface area contributed by atoms with Crippen LogP contribution < -0.4 is 5.19 Å². The van der Waals surface area contributed by atoms with Crippen molar-refractivity contribution in [3.63, 3.8) is 0 Å². The lowest BCUT2D eigenvalue weighted by atomic mass is 10.2. The van der Waals surface area contributed by atoms with Crippen LogP contribution in [0.1, 0.15) is 5.56 Å². The number of allylic oxidation sites excluding steroid dienone is 1. The SMILES string of the molecule is C#C[Si](C=C)(C=C)C/C=C\c1ccc([Si](C#C)(C#C)C=C)cc1. The molecule has 0 saturated heterocycles. The van der Waals surface area contributed by atoms with Crippen LogP contribution in [0.15, 0.2) is 67.2 Å².